The highest BCUT2D eigenvalue weighted by atomic mass is 16.4. The standard InChI is InChI=1S/C11H11NO2/c1-12(2)9-4-3-5-10-8(9)6-7-11(13)14-10/h3-7H,1-2H3. The molecule has 0 bridgehead atoms. The molecule has 2 aromatic rings. The molecule has 0 radical (unpaired) electrons. The average molecular weight is 189 g/mol. The lowest BCUT2D eigenvalue weighted by Crippen LogP contribution is -2.09. The van der Waals surface area contributed by atoms with Gasteiger partial charge in [-0.25, -0.2) is 4.79 Å². The molecule has 3 heteroatoms. The van der Waals surface area contributed by atoms with Gasteiger partial charge >= 0.3 is 5.63 Å². The molecule has 3 nitrogen and oxygen atoms in total. The lowest BCUT2D eigenvalue weighted by Gasteiger charge is -2.13. The van der Waals surface area contributed by atoms with E-state index in [4.69, 9.17) is 4.42 Å². The maximum Gasteiger partial charge on any atom is 0.336 e. The zero-order chi connectivity index (χ0) is 10.1. The van der Waals surface area contributed by atoms with Gasteiger partial charge < -0.3 is 9.32 Å². The van der Waals surface area contributed by atoms with Crippen molar-refractivity contribution in [3.05, 3.63) is 40.8 Å². The van der Waals surface area contributed by atoms with Crippen molar-refractivity contribution in [1.82, 2.24) is 0 Å². The van der Waals surface area contributed by atoms with Gasteiger partial charge in [0.2, 0.25) is 0 Å². The summed E-state index contributed by atoms with van der Waals surface area (Å²) in [6.45, 7) is 0. The number of benzene rings is 1. The molecule has 0 saturated carbocycles. The minimum atomic E-state index is -0.312. The van der Waals surface area contributed by atoms with Crippen LogP contribution >= 0.6 is 0 Å². The van der Waals surface area contributed by atoms with Crippen LogP contribution in [0.25, 0.3) is 11.0 Å². The van der Waals surface area contributed by atoms with Crippen LogP contribution in [0.4, 0.5) is 5.69 Å². The van der Waals surface area contributed by atoms with E-state index in [1.54, 1.807) is 12.1 Å². The van der Waals surface area contributed by atoms with Gasteiger partial charge in [0.05, 0.1) is 0 Å². The molecule has 0 fully saturated rings. The number of nitrogens with zero attached hydrogens (tertiary/aromatic N) is 1. The van der Waals surface area contributed by atoms with Crippen LogP contribution in [0.1, 0.15) is 0 Å². The van der Waals surface area contributed by atoms with Crippen molar-refractivity contribution in [3.8, 4) is 0 Å². The summed E-state index contributed by atoms with van der Waals surface area (Å²) in [5, 5.41) is 0.956. The average Bonchev–Trinajstić information content (AvgIpc) is 2.16. The molecule has 1 heterocycles. The van der Waals surface area contributed by atoms with E-state index in [2.05, 4.69) is 0 Å². The molecule has 0 spiro atoms. The van der Waals surface area contributed by atoms with E-state index in [0.29, 0.717) is 5.58 Å². The lowest BCUT2D eigenvalue weighted by molar-refractivity contribution is 0.561. The third kappa shape index (κ3) is 1.37. The summed E-state index contributed by atoms with van der Waals surface area (Å²) in [5.41, 5.74) is 1.36. The van der Waals surface area contributed by atoms with E-state index in [9.17, 15) is 4.79 Å². The first-order valence-corrected chi connectivity index (χ1v) is 4.39. The topological polar surface area (TPSA) is 33.5 Å². The van der Waals surface area contributed by atoms with Gasteiger partial charge in [-0.1, -0.05) is 6.07 Å². The van der Waals surface area contributed by atoms with Crippen molar-refractivity contribution >= 4 is 16.7 Å². The third-order valence-electron chi connectivity index (χ3n) is 2.12. The molecule has 0 saturated heterocycles. The molecule has 14 heavy (non-hydrogen) atoms. The molecule has 1 aromatic carbocycles. The molecule has 0 atom stereocenters. The Labute approximate surface area is 81.6 Å². The van der Waals surface area contributed by atoms with Crippen molar-refractivity contribution in [3.63, 3.8) is 0 Å². The normalized spacial score (nSPS) is 10.4. The van der Waals surface area contributed by atoms with E-state index in [1.807, 2.05) is 31.1 Å². The molecular formula is C11H11NO2. The van der Waals surface area contributed by atoms with Crippen LogP contribution in [0.5, 0.6) is 0 Å². The molecule has 0 N–H and O–H groups in total. The highest BCUT2D eigenvalue weighted by Crippen LogP contribution is 2.23. The number of hydrogen-bond donors (Lipinski definition) is 0. The predicted molar refractivity (Wildman–Crippen MR) is 56.8 cm³/mol. The Morgan fingerprint density at radius 1 is 1.14 bits per heavy atom. The second-order valence-corrected chi connectivity index (χ2v) is 3.34. The summed E-state index contributed by atoms with van der Waals surface area (Å²) in [6.07, 6.45) is 0. The molecule has 0 aliphatic heterocycles. The van der Waals surface area contributed by atoms with Crippen LogP contribution in [-0.4, -0.2) is 14.1 Å². The van der Waals surface area contributed by atoms with Gasteiger partial charge in [0.1, 0.15) is 5.58 Å². The SMILES string of the molecule is CN(C)c1cccc2oc(=O)ccc12. The van der Waals surface area contributed by atoms with Gasteiger partial charge in [-0.3, -0.25) is 0 Å². The van der Waals surface area contributed by atoms with E-state index >= 15 is 0 Å². The Hall–Kier alpha value is -1.77. The maximum absolute atomic E-state index is 11.0. The maximum atomic E-state index is 11.0. The Morgan fingerprint density at radius 2 is 1.93 bits per heavy atom. The van der Waals surface area contributed by atoms with Crippen LogP contribution in [0.2, 0.25) is 0 Å². The zero-order valence-corrected chi connectivity index (χ0v) is 8.15. The number of rotatable bonds is 1. The fourth-order valence-corrected chi connectivity index (χ4v) is 1.47. The Balaban J connectivity index is 2.81. The number of hydrogen-bond acceptors (Lipinski definition) is 3. The minimum Gasteiger partial charge on any atom is -0.423 e. The minimum absolute atomic E-state index is 0.312. The summed E-state index contributed by atoms with van der Waals surface area (Å²) in [7, 11) is 3.92. The molecule has 2 rings (SSSR count). The quantitative estimate of drug-likeness (QED) is 0.642. The Bertz CT molecular complexity index is 514. The van der Waals surface area contributed by atoms with Gasteiger partial charge in [0.25, 0.3) is 0 Å². The van der Waals surface area contributed by atoms with Crippen LogP contribution < -0.4 is 10.5 Å². The first kappa shape index (κ1) is 8.81. The fraction of sp³-hybridized carbons (Fsp3) is 0.182. The van der Waals surface area contributed by atoms with Crippen molar-refractivity contribution in [2.45, 2.75) is 0 Å². The van der Waals surface area contributed by atoms with Crippen molar-refractivity contribution in [1.29, 1.82) is 0 Å². The lowest BCUT2D eigenvalue weighted by atomic mass is 10.2. The largest absolute Gasteiger partial charge is 0.423 e. The van der Waals surface area contributed by atoms with Crippen LogP contribution in [0, 0.1) is 0 Å². The molecule has 0 aliphatic carbocycles. The molecular weight excluding hydrogens is 178 g/mol. The van der Waals surface area contributed by atoms with Crippen LogP contribution in [-0.2, 0) is 0 Å². The number of fused-ring (bicyclic) bond motifs is 1. The first-order chi connectivity index (χ1) is 6.68. The molecule has 0 aliphatic rings. The Kier molecular flexibility index (Phi) is 2.00. The van der Waals surface area contributed by atoms with E-state index < -0.39 is 0 Å². The summed E-state index contributed by atoms with van der Waals surface area (Å²) in [5.74, 6) is 0. The van der Waals surface area contributed by atoms with Crippen LogP contribution in [0.15, 0.2) is 39.5 Å². The van der Waals surface area contributed by atoms with E-state index in [-0.39, 0.29) is 5.63 Å². The van der Waals surface area contributed by atoms with E-state index in [1.165, 1.54) is 6.07 Å². The van der Waals surface area contributed by atoms with Gasteiger partial charge in [-0.15, -0.1) is 0 Å². The van der Waals surface area contributed by atoms with Crippen LogP contribution in [0.3, 0.4) is 0 Å². The summed E-state index contributed by atoms with van der Waals surface area (Å²) >= 11 is 0. The van der Waals surface area contributed by atoms with Crippen molar-refractivity contribution in [2.24, 2.45) is 0 Å². The Morgan fingerprint density at radius 3 is 2.64 bits per heavy atom. The molecule has 0 unspecified atom stereocenters. The van der Waals surface area contributed by atoms with Gasteiger partial charge in [0.15, 0.2) is 0 Å². The molecule has 72 valence electrons. The summed E-state index contributed by atoms with van der Waals surface area (Å²) in [6, 6.07) is 8.89. The summed E-state index contributed by atoms with van der Waals surface area (Å²) < 4.78 is 5.07. The van der Waals surface area contributed by atoms with Gasteiger partial charge in [-0.05, 0) is 18.2 Å². The van der Waals surface area contributed by atoms with Gasteiger partial charge in [0, 0.05) is 31.2 Å². The van der Waals surface area contributed by atoms with E-state index in [0.717, 1.165) is 11.1 Å². The number of anilines is 1. The monoisotopic (exact) mass is 189 g/mol. The fourth-order valence-electron chi connectivity index (χ4n) is 1.47. The zero-order valence-electron chi connectivity index (χ0n) is 8.15. The highest BCUT2D eigenvalue weighted by molar-refractivity contribution is 5.90. The second kappa shape index (κ2) is 3.18. The van der Waals surface area contributed by atoms with Gasteiger partial charge in [-0.2, -0.15) is 0 Å². The second-order valence-electron chi connectivity index (χ2n) is 3.34. The smallest absolute Gasteiger partial charge is 0.336 e. The predicted octanol–water partition coefficient (Wildman–Crippen LogP) is 1.86. The summed E-state index contributed by atoms with van der Waals surface area (Å²) in [4.78, 5) is 13.0. The molecule has 1 aromatic heterocycles. The first-order valence-electron chi connectivity index (χ1n) is 4.39. The molecule has 0 amide bonds. The highest BCUT2D eigenvalue weighted by Gasteiger charge is 2.03. The van der Waals surface area contributed by atoms with Crippen molar-refractivity contribution < 1.29 is 4.42 Å². The van der Waals surface area contributed by atoms with Crippen molar-refractivity contribution in [2.75, 3.05) is 19.0 Å². The third-order valence-corrected chi connectivity index (χ3v) is 2.12.